The molecule has 0 saturated heterocycles. The summed E-state index contributed by atoms with van der Waals surface area (Å²) in [4.78, 5) is 0. The van der Waals surface area contributed by atoms with Gasteiger partial charge in [0.25, 0.3) is 0 Å². The Morgan fingerprint density at radius 3 is 2.36 bits per heavy atom. The molecule has 0 aromatic heterocycles. The topological polar surface area (TPSA) is 0 Å². The monoisotopic (exact) mass is 153 g/mol. The third-order valence-electron chi connectivity index (χ3n) is 3.21. The summed E-state index contributed by atoms with van der Waals surface area (Å²) in [5, 5.41) is 0. The van der Waals surface area contributed by atoms with Crippen molar-refractivity contribution < 1.29 is 0 Å². The summed E-state index contributed by atoms with van der Waals surface area (Å²) in [6.07, 6.45) is 9.88. The molecular formula is C11H21. The fourth-order valence-electron chi connectivity index (χ4n) is 2.38. The van der Waals surface area contributed by atoms with Gasteiger partial charge in [-0.2, -0.15) is 0 Å². The molecule has 0 nitrogen and oxygen atoms in total. The van der Waals surface area contributed by atoms with Gasteiger partial charge in [-0.3, -0.25) is 0 Å². The van der Waals surface area contributed by atoms with Crippen LogP contribution in [0.4, 0.5) is 0 Å². The molecule has 0 heterocycles. The van der Waals surface area contributed by atoms with E-state index in [0.29, 0.717) is 0 Å². The predicted molar refractivity (Wildman–Crippen MR) is 50.3 cm³/mol. The van der Waals surface area contributed by atoms with Crippen molar-refractivity contribution in [2.24, 2.45) is 11.8 Å². The molecule has 1 radical (unpaired) electrons. The molecular weight excluding hydrogens is 132 g/mol. The quantitative estimate of drug-likeness (QED) is 0.578. The molecule has 0 spiro atoms. The van der Waals surface area contributed by atoms with Crippen LogP contribution in [0.2, 0.25) is 0 Å². The first-order valence-corrected chi connectivity index (χ1v) is 5.17. The van der Waals surface area contributed by atoms with Gasteiger partial charge in [-0.05, 0) is 11.8 Å². The summed E-state index contributed by atoms with van der Waals surface area (Å²) in [6.45, 7) is 6.34. The summed E-state index contributed by atoms with van der Waals surface area (Å²) >= 11 is 0. The van der Waals surface area contributed by atoms with E-state index in [2.05, 4.69) is 13.8 Å². The lowest BCUT2D eigenvalue weighted by atomic mass is 9.78. The van der Waals surface area contributed by atoms with E-state index in [1.165, 1.54) is 38.5 Å². The van der Waals surface area contributed by atoms with E-state index in [1.807, 2.05) is 0 Å². The van der Waals surface area contributed by atoms with Gasteiger partial charge in [0.1, 0.15) is 0 Å². The van der Waals surface area contributed by atoms with Crippen molar-refractivity contribution in [3.8, 4) is 0 Å². The van der Waals surface area contributed by atoms with E-state index in [0.717, 1.165) is 18.3 Å². The van der Waals surface area contributed by atoms with E-state index in [1.54, 1.807) is 0 Å². The second kappa shape index (κ2) is 4.79. The second-order valence-electron chi connectivity index (χ2n) is 3.86. The first-order valence-electron chi connectivity index (χ1n) is 5.17. The Balaban J connectivity index is 2.30. The number of rotatable bonds is 3. The third-order valence-corrected chi connectivity index (χ3v) is 3.21. The summed E-state index contributed by atoms with van der Waals surface area (Å²) in [7, 11) is 0. The Morgan fingerprint density at radius 1 is 1.27 bits per heavy atom. The van der Waals surface area contributed by atoms with Gasteiger partial charge in [0.2, 0.25) is 0 Å². The molecule has 0 N–H and O–H groups in total. The Kier molecular flexibility index (Phi) is 3.96. The SMILES string of the molecule is [CH2]CC(CC)C1CCCCC1. The van der Waals surface area contributed by atoms with Gasteiger partial charge in [0, 0.05) is 0 Å². The van der Waals surface area contributed by atoms with Gasteiger partial charge in [0.05, 0.1) is 0 Å². The highest BCUT2D eigenvalue weighted by Gasteiger charge is 2.20. The Morgan fingerprint density at radius 2 is 1.91 bits per heavy atom. The standard InChI is InChI=1S/C11H21/c1-3-10(4-2)11-8-6-5-7-9-11/h10-11H,1,3-9H2,2H3. The van der Waals surface area contributed by atoms with Crippen LogP contribution in [-0.4, -0.2) is 0 Å². The van der Waals surface area contributed by atoms with Gasteiger partial charge in [-0.1, -0.05) is 58.8 Å². The van der Waals surface area contributed by atoms with Crippen molar-refractivity contribution in [3.05, 3.63) is 6.92 Å². The lowest BCUT2D eigenvalue weighted by molar-refractivity contribution is 0.242. The summed E-state index contributed by atoms with van der Waals surface area (Å²) in [6, 6.07) is 0. The van der Waals surface area contributed by atoms with Gasteiger partial charge in [0.15, 0.2) is 0 Å². The van der Waals surface area contributed by atoms with Crippen molar-refractivity contribution >= 4 is 0 Å². The molecule has 1 aliphatic rings. The first-order chi connectivity index (χ1) is 5.38. The zero-order valence-corrected chi connectivity index (χ0v) is 7.81. The van der Waals surface area contributed by atoms with Crippen molar-refractivity contribution in [3.63, 3.8) is 0 Å². The predicted octanol–water partition coefficient (Wildman–Crippen LogP) is 3.82. The molecule has 11 heavy (non-hydrogen) atoms. The normalized spacial score (nSPS) is 21.0. The fraction of sp³-hybridized carbons (Fsp3) is 0.909. The minimum absolute atomic E-state index is 0.926. The maximum Gasteiger partial charge on any atom is -0.0386 e. The van der Waals surface area contributed by atoms with E-state index >= 15 is 0 Å². The summed E-state index contributed by atoms with van der Waals surface area (Å²) in [5.41, 5.74) is 0. The zero-order valence-electron chi connectivity index (χ0n) is 7.81. The highest BCUT2D eigenvalue weighted by Crippen LogP contribution is 2.32. The van der Waals surface area contributed by atoms with E-state index < -0.39 is 0 Å². The van der Waals surface area contributed by atoms with Crippen LogP contribution in [0.15, 0.2) is 0 Å². The van der Waals surface area contributed by atoms with Crippen LogP contribution in [0, 0.1) is 18.8 Å². The largest absolute Gasteiger partial charge is 0.0651 e. The molecule has 1 unspecified atom stereocenters. The molecule has 1 atom stereocenters. The fourth-order valence-corrected chi connectivity index (χ4v) is 2.38. The minimum atomic E-state index is 0.926. The van der Waals surface area contributed by atoms with E-state index in [-0.39, 0.29) is 0 Å². The van der Waals surface area contributed by atoms with Crippen molar-refractivity contribution in [1.29, 1.82) is 0 Å². The number of hydrogen-bond acceptors (Lipinski definition) is 0. The van der Waals surface area contributed by atoms with Crippen LogP contribution >= 0.6 is 0 Å². The molecule has 0 amide bonds. The highest BCUT2D eigenvalue weighted by molar-refractivity contribution is 4.73. The smallest absolute Gasteiger partial charge is 0.0386 e. The molecule has 1 aliphatic carbocycles. The van der Waals surface area contributed by atoms with Gasteiger partial charge >= 0.3 is 0 Å². The van der Waals surface area contributed by atoms with Crippen molar-refractivity contribution in [2.75, 3.05) is 0 Å². The summed E-state index contributed by atoms with van der Waals surface area (Å²) < 4.78 is 0. The Hall–Kier alpha value is 0. The summed E-state index contributed by atoms with van der Waals surface area (Å²) in [5.74, 6) is 1.95. The third kappa shape index (κ3) is 2.50. The van der Waals surface area contributed by atoms with Crippen LogP contribution in [0.25, 0.3) is 0 Å². The molecule has 0 aliphatic heterocycles. The lowest BCUT2D eigenvalue weighted by Crippen LogP contribution is -2.16. The molecule has 1 saturated carbocycles. The van der Waals surface area contributed by atoms with Crippen LogP contribution < -0.4 is 0 Å². The number of hydrogen-bond donors (Lipinski definition) is 0. The molecule has 1 rings (SSSR count). The molecule has 65 valence electrons. The lowest BCUT2D eigenvalue weighted by Gasteiger charge is -2.28. The molecule has 0 aromatic carbocycles. The highest BCUT2D eigenvalue weighted by atomic mass is 14.3. The van der Waals surface area contributed by atoms with Gasteiger partial charge in [-0.15, -0.1) is 0 Å². The van der Waals surface area contributed by atoms with Crippen LogP contribution in [0.5, 0.6) is 0 Å². The molecule has 0 heteroatoms. The molecule has 0 aromatic rings. The molecule has 0 bridgehead atoms. The first kappa shape index (κ1) is 9.09. The maximum absolute atomic E-state index is 4.03. The van der Waals surface area contributed by atoms with E-state index in [9.17, 15) is 0 Å². The average Bonchev–Trinajstić information content (AvgIpc) is 2.09. The van der Waals surface area contributed by atoms with Gasteiger partial charge < -0.3 is 0 Å². The van der Waals surface area contributed by atoms with Crippen LogP contribution in [0.3, 0.4) is 0 Å². The maximum atomic E-state index is 4.03. The zero-order chi connectivity index (χ0) is 8.10. The van der Waals surface area contributed by atoms with Crippen LogP contribution in [-0.2, 0) is 0 Å². The Labute approximate surface area is 71.4 Å². The van der Waals surface area contributed by atoms with Crippen LogP contribution in [0.1, 0.15) is 51.9 Å². The van der Waals surface area contributed by atoms with Crippen molar-refractivity contribution in [2.45, 2.75) is 51.9 Å². The minimum Gasteiger partial charge on any atom is -0.0651 e. The average molecular weight is 153 g/mol. The van der Waals surface area contributed by atoms with Gasteiger partial charge in [-0.25, -0.2) is 0 Å². The van der Waals surface area contributed by atoms with Crippen molar-refractivity contribution in [1.82, 2.24) is 0 Å². The Bertz CT molecular complexity index is 86.2. The van der Waals surface area contributed by atoms with E-state index in [4.69, 9.17) is 0 Å². The molecule has 1 fully saturated rings. The second-order valence-corrected chi connectivity index (χ2v) is 3.86.